The summed E-state index contributed by atoms with van der Waals surface area (Å²) in [6.45, 7) is 3.73. The molecule has 7 atom stereocenters. The molecule has 1 amide bonds. The summed E-state index contributed by atoms with van der Waals surface area (Å²) in [7, 11) is 0. The monoisotopic (exact) mass is 726 g/mol. The highest BCUT2D eigenvalue weighted by molar-refractivity contribution is 5.76. The minimum atomic E-state index is -1.57. The molecule has 0 aromatic rings. The number of hydrogen-bond donors (Lipinski definition) is 6. The van der Waals surface area contributed by atoms with Crippen molar-refractivity contribution in [3.05, 3.63) is 24.3 Å². The maximum absolute atomic E-state index is 12.9. The first kappa shape index (κ1) is 47.7. The first-order valence-corrected chi connectivity index (χ1v) is 21.1. The zero-order valence-corrected chi connectivity index (χ0v) is 32.6. The lowest BCUT2D eigenvalue weighted by Gasteiger charge is -2.40. The number of unbranched alkanes of at least 4 members (excludes halogenated alkanes) is 22. The van der Waals surface area contributed by atoms with E-state index < -0.39 is 49.5 Å². The van der Waals surface area contributed by atoms with Gasteiger partial charge in [-0.1, -0.05) is 167 Å². The molecule has 0 spiro atoms. The highest BCUT2D eigenvalue weighted by Gasteiger charge is 2.44. The molecule has 0 aromatic carbocycles. The third-order valence-corrected chi connectivity index (χ3v) is 10.0. The van der Waals surface area contributed by atoms with Crippen molar-refractivity contribution in [3.8, 4) is 0 Å². The summed E-state index contributed by atoms with van der Waals surface area (Å²) in [6, 6.07) is -0.814. The van der Waals surface area contributed by atoms with E-state index in [9.17, 15) is 30.3 Å². The highest BCUT2D eigenvalue weighted by Crippen LogP contribution is 2.22. The van der Waals surface area contributed by atoms with Gasteiger partial charge in [0.05, 0.1) is 25.4 Å². The summed E-state index contributed by atoms with van der Waals surface area (Å²) >= 11 is 0. The van der Waals surface area contributed by atoms with Gasteiger partial charge in [-0.2, -0.15) is 0 Å². The Bertz CT molecular complexity index is 853. The number of hydrogen-bond acceptors (Lipinski definition) is 8. The van der Waals surface area contributed by atoms with Gasteiger partial charge in [0.25, 0.3) is 0 Å². The van der Waals surface area contributed by atoms with Crippen molar-refractivity contribution in [2.45, 2.75) is 224 Å². The van der Waals surface area contributed by atoms with Crippen LogP contribution in [0.3, 0.4) is 0 Å². The minimum Gasteiger partial charge on any atom is -0.394 e. The van der Waals surface area contributed by atoms with Crippen molar-refractivity contribution in [2.24, 2.45) is 0 Å². The molecule has 1 heterocycles. The van der Waals surface area contributed by atoms with Gasteiger partial charge >= 0.3 is 0 Å². The third-order valence-electron chi connectivity index (χ3n) is 10.0. The van der Waals surface area contributed by atoms with Crippen molar-refractivity contribution in [2.75, 3.05) is 13.2 Å². The Labute approximate surface area is 311 Å². The van der Waals surface area contributed by atoms with E-state index in [2.05, 4.69) is 31.3 Å². The van der Waals surface area contributed by atoms with E-state index in [1.54, 1.807) is 6.08 Å². The number of aliphatic hydroxyl groups is 5. The van der Waals surface area contributed by atoms with Crippen molar-refractivity contribution in [3.63, 3.8) is 0 Å². The molecule has 0 bridgehead atoms. The Hall–Kier alpha value is -1.33. The number of ether oxygens (including phenoxy) is 2. The lowest BCUT2D eigenvalue weighted by atomic mass is 9.99. The maximum atomic E-state index is 12.9. The van der Waals surface area contributed by atoms with Crippen LogP contribution in [-0.4, -0.2) is 87.5 Å². The van der Waals surface area contributed by atoms with Crippen LogP contribution in [-0.2, 0) is 14.3 Å². The van der Waals surface area contributed by atoms with Crippen molar-refractivity contribution >= 4 is 5.91 Å². The molecule has 9 heteroatoms. The summed E-state index contributed by atoms with van der Waals surface area (Å²) in [4.78, 5) is 12.9. The van der Waals surface area contributed by atoms with E-state index >= 15 is 0 Å². The fourth-order valence-corrected chi connectivity index (χ4v) is 6.58. The molecule has 1 fully saturated rings. The number of amides is 1. The fourth-order valence-electron chi connectivity index (χ4n) is 6.58. The SMILES string of the molecule is CCCCCCCCCCCCC/C=C/CC/C=C/[C@@H](O)[C@H](CO[C@@H]1O[C@H](CO)[C@@H](O)C(O)C1O)NC(=O)CCCCCCCCCCCCC. The molecule has 51 heavy (non-hydrogen) atoms. The fraction of sp³-hybridized carbons (Fsp3) is 0.881. The van der Waals surface area contributed by atoms with Crippen LogP contribution in [0.25, 0.3) is 0 Å². The molecule has 0 aliphatic carbocycles. The van der Waals surface area contributed by atoms with Crippen LogP contribution in [0.4, 0.5) is 0 Å². The quantitative estimate of drug-likeness (QED) is 0.0289. The smallest absolute Gasteiger partial charge is 0.220 e. The van der Waals surface area contributed by atoms with Gasteiger partial charge in [-0.3, -0.25) is 4.79 Å². The van der Waals surface area contributed by atoms with Crippen LogP contribution < -0.4 is 5.32 Å². The molecule has 6 N–H and O–H groups in total. The number of carbonyl (C=O) groups is 1. The first-order valence-electron chi connectivity index (χ1n) is 21.1. The summed E-state index contributed by atoms with van der Waals surface area (Å²) in [5.41, 5.74) is 0. The Kier molecular flexibility index (Phi) is 31.1. The first-order chi connectivity index (χ1) is 24.8. The van der Waals surface area contributed by atoms with Crippen LogP contribution in [0, 0.1) is 0 Å². The predicted molar refractivity (Wildman–Crippen MR) is 207 cm³/mol. The number of nitrogens with one attached hydrogen (secondary N) is 1. The van der Waals surface area contributed by atoms with Gasteiger partial charge in [-0.15, -0.1) is 0 Å². The van der Waals surface area contributed by atoms with Crippen LogP contribution in [0.1, 0.15) is 181 Å². The number of allylic oxidation sites excluding steroid dienone is 3. The van der Waals surface area contributed by atoms with Gasteiger partial charge < -0.3 is 40.3 Å². The van der Waals surface area contributed by atoms with E-state index in [1.165, 1.54) is 122 Å². The second-order valence-electron chi connectivity index (χ2n) is 14.8. The largest absolute Gasteiger partial charge is 0.394 e. The highest BCUT2D eigenvalue weighted by atomic mass is 16.7. The van der Waals surface area contributed by atoms with Gasteiger partial charge in [0.2, 0.25) is 5.91 Å². The average Bonchev–Trinajstić information content (AvgIpc) is 3.13. The van der Waals surface area contributed by atoms with Gasteiger partial charge in [0.1, 0.15) is 24.4 Å². The molecule has 1 aliphatic rings. The Morgan fingerprint density at radius 3 is 1.65 bits per heavy atom. The lowest BCUT2D eigenvalue weighted by molar-refractivity contribution is -0.302. The van der Waals surface area contributed by atoms with E-state index in [1.807, 2.05) is 6.08 Å². The summed E-state index contributed by atoms with van der Waals surface area (Å²) in [5.74, 6) is -0.189. The van der Waals surface area contributed by atoms with Crippen LogP contribution in [0.5, 0.6) is 0 Å². The molecule has 0 radical (unpaired) electrons. The van der Waals surface area contributed by atoms with Crippen molar-refractivity contribution < 1.29 is 39.8 Å². The average molecular weight is 726 g/mol. The molecular formula is C42H79NO8. The summed E-state index contributed by atoms with van der Waals surface area (Å²) < 4.78 is 11.2. The molecule has 1 saturated heterocycles. The summed E-state index contributed by atoms with van der Waals surface area (Å²) in [5, 5.41) is 54.0. The Balaban J connectivity index is 2.43. The second kappa shape index (κ2) is 33.3. The van der Waals surface area contributed by atoms with Crippen molar-refractivity contribution in [1.29, 1.82) is 0 Å². The Morgan fingerprint density at radius 2 is 1.12 bits per heavy atom. The van der Waals surface area contributed by atoms with Gasteiger partial charge in [0.15, 0.2) is 6.29 Å². The normalized spacial score (nSPS) is 22.2. The van der Waals surface area contributed by atoms with E-state index in [4.69, 9.17) is 9.47 Å². The third kappa shape index (κ3) is 24.6. The van der Waals surface area contributed by atoms with Gasteiger partial charge in [-0.25, -0.2) is 0 Å². The van der Waals surface area contributed by atoms with Crippen LogP contribution >= 0.6 is 0 Å². The molecular weight excluding hydrogens is 646 g/mol. The second-order valence-corrected chi connectivity index (χ2v) is 14.8. The van der Waals surface area contributed by atoms with Crippen molar-refractivity contribution in [1.82, 2.24) is 5.32 Å². The standard InChI is InChI=1S/C42H79NO8/c1-3-5-7-9-11-13-15-16-17-18-19-20-22-23-25-27-29-31-36(45)35(34-50-42-41(49)40(48)39(47)37(33-44)51-42)43-38(46)32-30-28-26-24-21-14-12-10-8-6-4-2/h22-23,29,31,35-37,39-42,44-45,47-49H,3-21,24-28,30,32-34H2,1-2H3,(H,43,46)/b23-22+,31-29+/t35-,36+,37+,39+,40?,41?,42+/m0/s1. The topological polar surface area (TPSA) is 149 Å². The van der Waals surface area contributed by atoms with E-state index in [0.717, 1.165) is 38.5 Å². The van der Waals surface area contributed by atoms with E-state index in [-0.39, 0.29) is 12.5 Å². The zero-order chi connectivity index (χ0) is 37.4. The zero-order valence-electron chi connectivity index (χ0n) is 32.6. The van der Waals surface area contributed by atoms with Crippen LogP contribution in [0.2, 0.25) is 0 Å². The predicted octanol–water partition coefficient (Wildman–Crippen LogP) is 7.94. The molecule has 0 aromatic heterocycles. The number of rotatable bonds is 34. The molecule has 0 saturated carbocycles. The lowest BCUT2D eigenvalue weighted by Crippen LogP contribution is -2.60. The Morgan fingerprint density at radius 1 is 0.647 bits per heavy atom. The molecule has 1 aliphatic heterocycles. The maximum Gasteiger partial charge on any atom is 0.220 e. The van der Waals surface area contributed by atoms with Gasteiger partial charge in [-0.05, 0) is 32.1 Å². The molecule has 300 valence electrons. The number of carbonyl (C=O) groups excluding carboxylic acids is 1. The summed E-state index contributed by atoms with van der Waals surface area (Å²) in [6.07, 6.45) is 30.8. The van der Waals surface area contributed by atoms with E-state index in [0.29, 0.717) is 6.42 Å². The number of aliphatic hydroxyl groups excluding tert-OH is 5. The molecule has 1 rings (SSSR count). The van der Waals surface area contributed by atoms with Gasteiger partial charge in [0, 0.05) is 6.42 Å². The minimum absolute atomic E-state index is 0.189. The molecule has 2 unspecified atom stereocenters. The molecule has 9 nitrogen and oxygen atoms in total. The van der Waals surface area contributed by atoms with Crippen LogP contribution in [0.15, 0.2) is 24.3 Å².